The van der Waals surface area contributed by atoms with Gasteiger partial charge in [0.15, 0.2) is 0 Å². The maximum absolute atomic E-state index is 11.8. The molecule has 0 saturated carbocycles. The van der Waals surface area contributed by atoms with E-state index in [9.17, 15) is 4.79 Å². The molecule has 1 amide bonds. The van der Waals surface area contributed by atoms with Crippen LogP contribution in [-0.2, 0) is 11.2 Å². The number of rotatable bonds is 7. The third kappa shape index (κ3) is 5.24. The second-order valence-electron chi connectivity index (χ2n) is 5.72. The third-order valence-electron chi connectivity index (χ3n) is 3.61. The maximum Gasteiger partial charge on any atom is 0.239 e. The fourth-order valence-electron chi connectivity index (χ4n) is 2.22. The topological polar surface area (TPSA) is 41.1 Å². The molecule has 2 N–H and O–H groups in total. The van der Waals surface area contributed by atoms with Gasteiger partial charge in [-0.1, -0.05) is 56.3 Å². The van der Waals surface area contributed by atoms with E-state index in [0.717, 1.165) is 12.1 Å². The van der Waals surface area contributed by atoms with Crippen LogP contribution >= 0.6 is 0 Å². The number of anilines is 1. The van der Waals surface area contributed by atoms with Crippen LogP contribution in [0, 0.1) is 0 Å². The molecule has 0 bridgehead atoms. The SMILES string of the molecule is CC(C)c1ccc(NCC(=O)NCCc2ccccc2)cc1. The molecule has 3 nitrogen and oxygen atoms in total. The summed E-state index contributed by atoms with van der Waals surface area (Å²) in [5.74, 6) is 0.541. The Bertz CT molecular complexity index is 576. The van der Waals surface area contributed by atoms with Gasteiger partial charge in [-0.2, -0.15) is 0 Å². The molecule has 0 radical (unpaired) electrons. The molecule has 0 saturated heterocycles. The first-order valence-electron chi connectivity index (χ1n) is 7.79. The van der Waals surface area contributed by atoms with Crippen molar-refractivity contribution in [3.63, 3.8) is 0 Å². The van der Waals surface area contributed by atoms with E-state index in [4.69, 9.17) is 0 Å². The number of carbonyl (C=O) groups is 1. The highest BCUT2D eigenvalue weighted by atomic mass is 16.1. The molecule has 0 atom stereocenters. The fraction of sp³-hybridized carbons (Fsp3) is 0.316. The van der Waals surface area contributed by atoms with E-state index in [-0.39, 0.29) is 5.91 Å². The van der Waals surface area contributed by atoms with Gasteiger partial charge < -0.3 is 10.6 Å². The van der Waals surface area contributed by atoms with Crippen LogP contribution < -0.4 is 10.6 Å². The predicted molar refractivity (Wildman–Crippen MR) is 92.2 cm³/mol. The number of benzene rings is 2. The van der Waals surface area contributed by atoms with Gasteiger partial charge in [-0.3, -0.25) is 4.79 Å². The van der Waals surface area contributed by atoms with Crippen LogP contribution in [-0.4, -0.2) is 19.0 Å². The van der Waals surface area contributed by atoms with Gasteiger partial charge in [0, 0.05) is 12.2 Å². The second-order valence-corrected chi connectivity index (χ2v) is 5.72. The Hall–Kier alpha value is -2.29. The van der Waals surface area contributed by atoms with E-state index in [1.165, 1.54) is 11.1 Å². The molecule has 2 aromatic rings. The number of nitrogens with one attached hydrogen (secondary N) is 2. The summed E-state index contributed by atoms with van der Waals surface area (Å²) in [6.07, 6.45) is 0.857. The van der Waals surface area contributed by atoms with Crippen molar-refractivity contribution in [2.45, 2.75) is 26.2 Å². The van der Waals surface area contributed by atoms with Crippen molar-refractivity contribution >= 4 is 11.6 Å². The standard InChI is InChI=1S/C19H24N2O/c1-15(2)17-8-10-18(11-9-17)21-14-19(22)20-13-12-16-6-4-3-5-7-16/h3-11,15,21H,12-14H2,1-2H3,(H,20,22). The number of hydrogen-bond donors (Lipinski definition) is 2. The summed E-state index contributed by atoms with van der Waals surface area (Å²) in [4.78, 5) is 11.8. The molecule has 0 heterocycles. The van der Waals surface area contributed by atoms with Gasteiger partial charge in [-0.05, 0) is 35.6 Å². The van der Waals surface area contributed by atoms with Crippen LogP contribution in [0.1, 0.15) is 30.9 Å². The summed E-state index contributed by atoms with van der Waals surface area (Å²) in [5.41, 5.74) is 3.51. The minimum atomic E-state index is 0.0175. The highest BCUT2D eigenvalue weighted by Gasteiger charge is 2.02. The first-order valence-corrected chi connectivity index (χ1v) is 7.79. The average Bonchev–Trinajstić information content (AvgIpc) is 2.54. The van der Waals surface area contributed by atoms with Crippen LogP contribution in [0.25, 0.3) is 0 Å². The van der Waals surface area contributed by atoms with E-state index < -0.39 is 0 Å². The monoisotopic (exact) mass is 296 g/mol. The first-order chi connectivity index (χ1) is 10.6. The molecule has 0 aromatic heterocycles. The summed E-state index contributed by atoms with van der Waals surface area (Å²) in [6.45, 7) is 5.30. The van der Waals surface area contributed by atoms with Crippen molar-refractivity contribution < 1.29 is 4.79 Å². The largest absolute Gasteiger partial charge is 0.376 e. The van der Waals surface area contributed by atoms with E-state index in [1.54, 1.807) is 0 Å². The molecule has 2 aromatic carbocycles. The van der Waals surface area contributed by atoms with Crippen molar-refractivity contribution in [2.75, 3.05) is 18.4 Å². The molecular weight excluding hydrogens is 272 g/mol. The molecule has 3 heteroatoms. The Kier molecular flexibility index (Phi) is 6.01. The van der Waals surface area contributed by atoms with Crippen LogP contribution in [0.2, 0.25) is 0 Å². The minimum absolute atomic E-state index is 0.0175. The highest BCUT2D eigenvalue weighted by Crippen LogP contribution is 2.16. The normalized spacial score (nSPS) is 10.5. The molecule has 0 unspecified atom stereocenters. The van der Waals surface area contributed by atoms with Gasteiger partial charge in [0.25, 0.3) is 0 Å². The van der Waals surface area contributed by atoms with Gasteiger partial charge in [0.2, 0.25) is 5.91 Å². The number of carbonyl (C=O) groups excluding carboxylic acids is 1. The lowest BCUT2D eigenvalue weighted by atomic mass is 10.0. The van der Waals surface area contributed by atoms with Crippen LogP contribution in [0.15, 0.2) is 54.6 Å². The van der Waals surface area contributed by atoms with Gasteiger partial charge in [-0.15, -0.1) is 0 Å². The summed E-state index contributed by atoms with van der Waals surface area (Å²) in [5, 5.41) is 6.08. The second kappa shape index (κ2) is 8.23. The lowest BCUT2D eigenvalue weighted by Gasteiger charge is -2.10. The predicted octanol–water partition coefficient (Wildman–Crippen LogP) is 3.58. The molecule has 2 rings (SSSR count). The summed E-state index contributed by atoms with van der Waals surface area (Å²) >= 11 is 0. The minimum Gasteiger partial charge on any atom is -0.376 e. The third-order valence-corrected chi connectivity index (χ3v) is 3.61. The first kappa shape index (κ1) is 16.1. The Labute approximate surface area is 132 Å². The highest BCUT2D eigenvalue weighted by molar-refractivity contribution is 5.80. The lowest BCUT2D eigenvalue weighted by Crippen LogP contribution is -2.31. The molecule has 22 heavy (non-hydrogen) atoms. The summed E-state index contributed by atoms with van der Waals surface area (Å²) in [6, 6.07) is 18.4. The Morgan fingerprint density at radius 1 is 1.00 bits per heavy atom. The molecular formula is C19H24N2O. The zero-order chi connectivity index (χ0) is 15.8. The van der Waals surface area contributed by atoms with E-state index in [0.29, 0.717) is 19.0 Å². The summed E-state index contributed by atoms with van der Waals surface area (Å²) < 4.78 is 0. The Morgan fingerprint density at radius 2 is 1.68 bits per heavy atom. The van der Waals surface area contributed by atoms with Crippen LogP contribution in [0.3, 0.4) is 0 Å². The van der Waals surface area contributed by atoms with E-state index >= 15 is 0 Å². The molecule has 0 aliphatic heterocycles. The van der Waals surface area contributed by atoms with Gasteiger partial charge in [-0.25, -0.2) is 0 Å². The maximum atomic E-state index is 11.8. The summed E-state index contributed by atoms with van der Waals surface area (Å²) in [7, 11) is 0. The number of amides is 1. The quantitative estimate of drug-likeness (QED) is 0.820. The molecule has 0 fully saturated rings. The molecule has 116 valence electrons. The van der Waals surface area contributed by atoms with E-state index in [1.807, 2.05) is 30.3 Å². The molecule has 0 spiro atoms. The van der Waals surface area contributed by atoms with Crippen molar-refractivity contribution in [3.8, 4) is 0 Å². The zero-order valence-electron chi connectivity index (χ0n) is 13.3. The molecule has 0 aliphatic rings. The zero-order valence-corrected chi connectivity index (χ0v) is 13.3. The lowest BCUT2D eigenvalue weighted by molar-refractivity contribution is -0.119. The van der Waals surface area contributed by atoms with Crippen molar-refractivity contribution in [2.24, 2.45) is 0 Å². The van der Waals surface area contributed by atoms with Crippen molar-refractivity contribution in [3.05, 3.63) is 65.7 Å². The van der Waals surface area contributed by atoms with Crippen LogP contribution in [0.4, 0.5) is 5.69 Å². The van der Waals surface area contributed by atoms with Crippen LogP contribution in [0.5, 0.6) is 0 Å². The Morgan fingerprint density at radius 3 is 2.32 bits per heavy atom. The Balaban J connectivity index is 1.69. The smallest absolute Gasteiger partial charge is 0.239 e. The number of hydrogen-bond acceptors (Lipinski definition) is 2. The van der Waals surface area contributed by atoms with Crippen molar-refractivity contribution in [1.29, 1.82) is 0 Å². The fourth-order valence-corrected chi connectivity index (χ4v) is 2.22. The average molecular weight is 296 g/mol. The van der Waals surface area contributed by atoms with Gasteiger partial charge in [0.05, 0.1) is 6.54 Å². The van der Waals surface area contributed by atoms with Crippen molar-refractivity contribution in [1.82, 2.24) is 5.32 Å². The molecule has 0 aliphatic carbocycles. The van der Waals surface area contributed by atoms with E-state index in [2.05, 4.69) is 48.7 Å². The van der Waals surface area contributed by atoms with Gasteiger partial charge in [0.1, 0.15) is 0 Å². The van der Waals surface area contributed by atoms with Gasteiger partial charge >= 0.3 is 0 Å².